The standard InChI is InChI=1S/C17H21F6NO2/c1-15(2,3)14(11-5-4-6-12(9-11)17(21,22)23)24-13(25)7-8-26-10-16(18,19)20/h4-6,9,14H,7-8,10H2,1-3H3,(H,24,25). The highest BCUT2D eigenvalue weighted by Gasteiger charge is 2.33. The summed E-state index contributed by atoms with van der Waals surface area (Å²) >= 11 is 0. The zero-order valence-electron chi connectivity index (χ0n) is 14.6. The van der Waals surface area contributed by atoms with Crippen LogP contribution in [0.1, 0.15) is 44.4 Å². The average molecular weight is 385 g/mol. The topological polar surface area (TPSA) is 38.3 Å². The summed E-state index contributed by atoms with van der Waals surface area (Å²) in [5, 5.41) is 2.58. The third-order valence-electron chi connectivity index (χ3n) is 3.46. The van der Waals surface area contributed by atoms with Crippen LogP contribution in [0, 0.1) is 5.41 Å². The van der Waals surface area contributed by atoms with Crippen LogP contribution in [0.5, 0.6) is 0 Å². The van der Waals surface area contributed by atoms with E-state index in [-0.39, 0.29) is 12.0 Å². The van der Waals surface area contributed by atoms with Crippen LogP contribution in [0.15, 0.2) is 24.3 Å². The summed E-state index contributed by atoms with van der Waals surface area (Å²) in [6.45, 7) is 3.30. The van der Waals surface area contributed by atoms with Crippen molar-refractivity contribution in [1.82, 2.24) is 5.32 Å². The van der Waals surface area contributed by atoms with Gasteiger partial charge in [-0.05, 0) is 23.1 Å². The van der Waals surface area contributed by atoms with E-state index >= 15 is 0 Å². The molecular weight excluding hydrogens is 364 g/mol. The number of alkyl halides is 6. The molecule has 1 unspecified atom stereocenters. The lowest BCUT2D eigenvalue weighted by Crippen LogP contribution is -2.37. The van der Waals surface area contributed by atoms with E-state index in [4.69, 9.17) is 0 Å². The Balaban J connectivity index is 2.82. The highest BCUT2D eigenvalue weighted by atomic mass is 19.4. The van der Waals surface area contributed by atoms with Crippen LogP contribution in [0.25, 0.3) is 0 Å². The quantitative estimate of drug-likeness (QED) is 0.560. The van der Waals surface area contributed by atoms with E-state index in [9.17, 15) is 31.1 Å². The molecular formula is C17H21F6NO2. The lowest BCUT2D eigenvalue weighted by molar-refractivity contribution is -0.174. The fourth-order valence-corrected chi connectivity index (χ4v) is 2.28. The minimum atomic E-state index is -4.52. The predicted molar refractivity (Wildman–Crippen MR) is 83.3 cm³/mol. The summed E-state index contributed by atoms with van der Waals surface area (Å²) in [5.41, 5.74) is -1.20. The van der Waals surface area contributed by atoms with Crippen LogP contribution in [-0.2, 0) is 15.7 Å². The Morgan fingerprint density at radius 1 is 1.12 bits per heavy atom. The summed E-state index contributed by atoms with van der Waals surface area (Å²) < 4.78 is 79.0. The number of halogens is 6. The fourth-order valence-electron chi connectivity index (χ4n) is 2.28. The molecule has 1 aromatic carbocycles. The highest BCUT2D eigenvalue weighted by Crippen LogP contribution is 2.36. The summed E-state index contributed by atoms with van der Waals surface area (Å²) in [7, 11) is 0. The van der Waals surface area contributed by atoms with Gasteiger partial charge in [0.25, 0.3) is 0 Å². The van der Waals surface area contributed by atoms with Crippen molar-refractivity contribution in [1.29, 1.82) is 0 Å². The number of amides is 1. The molecule has 9 heteroatoms. The van der Waals surface area contributed by atoms with Crippen molar-refractivity contribution in [2.45, 2.75) is 45.6 Å². The van der Waals surface area contributed by atoms with Gasteiger partial charge in [-0.15, -0.1) is 0 Å². The Hall–Kier alpha value is -1.77. The molecule has 0 fully saturated rings. The van der Waals surface area contributed by atoms with E-state index in [1.165, 1.54) is 12.1 Å². The van der Waals surface area contributed by atoms with E-state index < -0.39 is 48.5 Å². The van der Waals surface area contributed by atoms with E-state index in [1.807, 2.05) is 0 Å². The number of rotatable bonds is 6. The number of nitrogens with one attached hydrogen (secondary N) is 1. The van der Waals surface area contributed by atoms with Crippen molar-refractivity contribution in [3.05, 3.63) is 35.4 Å². The molecule has 0 aliphatic carbocycles. The Morgan fingerprint density at radius 2 is 1.73 bits per heavy atom. The minimum absolute atomic E-state index is 0.261. The highest BCUT2D eigenvalue weighted by molar-refractivity contribution is 5.76. The number of hydrogen-bond acceptors (Lipinski definition) is 2. The van der Waals surface area contributed by atoms with Crippen molar-refractivity contribution < 1.29 is 35.9 Å². The van der Waals surface area contributed by atoms with Crippen molar-refractivity contribution in [3.8, 4) is 0 Å². The molecule has 1 rings (SSSR count). The smallest absolute Gasteiger partial charge is 0.372 e. The molecule has 148 valence electrons. The van der Waals surface area contributed by atoms with Crippen molar-refractivity contribution in [3.63, 3.8) is 0 Å². The molecule has 3 nitrogen and oxygen atoms in total. The summed E-state index contributed by atoms with van der Waals surface area (Å²) in [6, 6.07) is 3.84. The number of carbonyl (C=O) groups excluding carboxylic acids is 1. The van der Waals surface area contributed by atoms with Crippen LogP contribution in [-0.4, -0.2) is 25.3 Å². The van der Waals surface area contributed by atoms with Crippen LogP contribution in [0.2, 0.25) is 0 Å². The molecule has 1 atom stereocenters. The molecule has 0 saturated heterocycles. The molecule has 0 aliphatic rings. The summed E-state index contributed by atoms with van der Waals surface area (Å²) in [4.78, 5) is 12.0. The van der Waals surface area contributed by atoms with Gasteiger partial charge in [0.2, 0.25) is 5.91 Å². The minimum Gasteiger partial charge on any atom is -0.372 e. The Kier molecular flexibility index (Phi) is 7.09. The molecule has 26 heavy (non-hydrogen) atoms. The lowest BCUT2D eigenvalue weighted by Gasteiger charge is -2.32. The second-order valence-electron chi connectivity index (χ2n) is 6.91. The maximum Gasteiger partial charge on any atom is 0.416 e. The number of hydrogen-bond donors (Lipinski definition) is 1. The maximum absolute atomic E-state index is 12.9. The largest absolute Gasteiger partial charge is 0.416 e. The lowest BCUT2D eigenvalue weighted by atomic mass is 9.82. The second-order valence-corrected chi connectivity index (χ2v) is 6.91. The van der Waals surface area contributed by atoms with Gasteiger partial charge >= 0.3 is 12.4 Å². The SMILES string of the molecule is CC(C)(C)C(NC(=O)CCOCC(F)(F)F)c1cccc(C(F)(F)F)c1. The van der Waals surface area contributed by atoms with E-state index in [2.05, 4.69) is 10.1 Å². The normalized spacial score (nSPS) is 14.2. The Bertz CT molecular complexity index is 604. The predicted octanol–water partition coefficient (Wildman–Crippen LogP) is 4.88. The first-order valence-corrected chi connectivity index (χ1v) is 7.81. The molecule has 0 bridgehead atoms. The van der Waals surface area contributed by atoms with Crippen molar-refractivity contribution in [2.75, 3.05) is 13.2 Å². The molecule has 1 amide bonds. The van der Waals surface area contributed by atoms with Gasteiger partial charge in [0, 0.05) is 6.42 Å². The maximum atomic E-state index is 12.9. The summed E-state index contributed by atoms with van der Waals surface area (Å²) in [6.07, 6.45) is -9.34. The van der Waals surface area contributed by atoms with E-state index in [1.54, 1.807) is 20.8 Å². The molecule has 0 spiro atoms. The number of benzene rings is 1. The van der Waals surface area contributed by atoms with Crippen LogP contribution in [0.4, 0.5) is 26.3 Å². The van der Waals surface area contributed by atoms with Gasteiger partial charge in [0.1, 0.15) is 6.61 Å². The number of ether oxygens (including phenoxy) is 1. The first-order valence-electron chi connectivity index (χ1n) is 7.81. The Labute approximate surface area is 147 Å². The zero-order chi connectivity index (χ0) is 20.2. The fraction of sp³-hybridized carbons (Fsp3) is 0.588. The first-order chi connectivity index (χ1) is 11.7. The molecule has 0 aromatic heterocycles. The summed E-state index contributed by atoms with van der Waals surface area (Å²) in [5.74, 6) is -0.607. The second kappa shape index (κ2) is 8.28. The van der Waals surface area contributed by atoms with Gasteiger partial charge in [-0.25, -0.2) is 0 Å². The van der Waals surface area contributed by atoms with Gasteiger partial charge in [0.15, 0.2) is 0 Å². The van der Waals surface area contributed by atoms with Crippen molar-refractivity contribution >= 4 is 5.91 Å². The van der Waals surface area contributed by atoms with Crippen molar-refractivity contribution in [2.24, 2.45) is 5.41 Å². The monoisotopic (exact) mass is 385 g/mol. The molecule has 0 saturated carbocycles. The van der Waals surface area contributed by atoms with Gasteiger partial charge in [-0.2, -0.15) is 26.3 Å². The van der Waals surface area contributed by atoms with E-state index in [0.717, 1.165) is 12.1 Å². The molecule has 1 N–H and O–H groups in total. The first kappa shape index (κ1) is 22.3. The average Bonchev–Trinajstić information content (AvgIpc) is 2.46. The Morgan fingerprint density at radius 3 is 2.23 bits per heavy atom. The van der Waals surface area contributed by atoms with E-state index in [0.29, 0.717) is 0 Å². The molecule has 0 aliphatic heterocycles. The van der Waals surface area contributed by atoms with Gasteiger partial charge in [-0.3, -0.25) is 4.79 Å². The van der Waals surface area contributed by atoms with Gasteiger partial charge in [0.05, 0.1) is 18.2 Å². The van der Waals surface area contributed by atoms with Gasteiger partial charge in [-0.1, -0.05) is 32.9 Å². The molecule has 0 heterocycles. The van der Waals surface area contributed by atoms with Crippen LogP contribution >= 0.6 is 0 Å². The zero-order valence-corrected chi connectivity index (χ0v) is 14.6. The molecule has 1 aromatic rings. The van der Waals surface area contributed by atoms with Crippen LogP contribution < -0.4 is 5.32 Å². The third kappa shape index (κ3) is 7.63. The third-order valence-corrected chi connectivity index (χ3v) is 3.46. The number of carbonyl (C=O) groups is 1. The molecule has 0 radical (unpaired) electrons. The van der Waals surface area contributed by atoms with Crippen LogP contribution in [0.3, 0.4) is 0 Å². The van der Waals surface area contributed by atoms with Gasteiger partial charge < -0.3 is 10.1 Å².